The molecule has 0 spiro atoms. The number of hydrogen-bond donors (Lipinski definition) is 1. The molecule has 1 saturated heterocycles. The van der Waals surface area contributed by atoms with Crippen molar-refractivity contribution in [3.8, 4) is 5.69 Å². The number of nitrogens with one attached hydrogen (secondary N) is 1. The van der Waals surface area contributed by atoms with Crippen molar-refractivity contribution >= 4 is 38.6 Å². The number of aromatic nitrogens is 2. The van der Waals surface area contributed by atoms with Crippen molar-refractivity contribution in [3.05, 3.63) is 88.7 Å². The van der Waals surface area contributed by atoms with E-state index in [-0.39, 0.29) is 11.8 Å². The molecule has 1 N–H and O–H groups in total. The predicted molar refractivity (Wildman–Crippen MR) is 141 cm³/mol. The van der Waals surface area contributed by atoms with Crippen LogP contribution in [0.3, 0.4) is 0 Å². The van der Waals surface area contributed by atoms with E-state index in [4.69, 9.17) is 4.98 Å². The van der Waals surface area contributed by atoms with E-state index in [1.807, 2.05) is 30.3 Å². The number of fused-ring (bicyclic) bond motifs is 1. The van der Waals surface area contributed by atoms with E-state index in [0.717, 1.165) is 65.1 Å². The summed E-state index contributed by atoms with van der Waals surface area (Å²) >= 11 is 3.61. The number of benzene rings is 3. The summed E-state index contributed by atoms with van der Waals surface area (Å²) in [7, 11) is 0. The lowest BCUT2D eigenvalue weighted by Crippen LogP contribution is -2.40. The van der Waals surface area contributed by atoms with Crippen LogP contribution in [0.5, 0.6) is 0 Å². The number of imidazole rings is 1. The fourth-order valence-electron chi connectivity index (χ4n) is 4.77. The molecule has 1 fully saturated rings. The molecule has 34 heavy (non-hydrogen) atoms. The number of halogens is 1. The lowest BCUT2D eigenvalue weighted by molar-refractivity contribution is -0.121. The van der Waals surface area contributed by atoms with E-state index in [1.165, 1.54) is 5.56 Å². The number of carbonyl (C=O) groups is 1. The largest absolute Gasteiger partial charge is 0.326 e. The van der Waals surface area contributed by atoms with Crippen molar-refractivity contribution in [3.63, 3.8) is 0 Å². The molecule has 1 amide bonds. The first-order valence-corrected chi connectivity index (χ1v) is 12.7. The fraction of sp³-hybridized carbons (Fsp3) is 0.286. The third kappa shape index (κ3) is 4.93. The Hall–Kier alpha value is -2.96. The summed E-state index contributed by atoms with van der Waals surface area (Å²) in [6, 6.07) is 24.7. The molecule has 5 rings (SSSR count). The summed E-state index contributed by atoms with van der Waals surface area (Å²) in [5, 5.41) is 3.12. The zero-order valence-corrected chi connectivity index (χ0v) is 21.0. The van der Waals surface area contributed by atoms with Gasteiger partial charge in [0.2, 0.25) is 5.91 Å². The summed E-state index contributed by atoms with van der Waals surface area (Å²) in [6.07, 6.45) is 2.91. The van der Waals surface area contributed by atoms with Gasteiger partial charge in [-0.05, 0) is 73.8 Å². The van der Waals surface area contributed by atoms with E-state index in [9.17, 15) is 4.79 Å². The minimum atomic E-state index is -0.0247. The first-order valence-electron chi connectivity index (χ1n) is 11.9. The number of nitrogens with zero attached hydrogens (tertiary/aromatic N) is 3. The van der Waals surface area contributed by atoms with Crippen LogP contribution in [-0.4, -0.2) is 33.4 Å². The molecule has 2 heterocycles. The number of para-hydroxylation sites is 2. The molecule has 1 aliphatic heterocycles. The van der Waals surface area contributed by atoms with E-state index in [2.05, 4.69) is 80.1 Å². The summed E-state index contributed by atoms with van der Waals surface area (Å²) in [5.74, 6) is 1.08. The smallest absolute Gasteiger partial charge is 0.228 e. The molecule has 0 radical (unpaired) electrons. The van der Waals surface area contributed by atoms with Crippen molar-refractivity contribution in [1.29, 1.82) is 0 Å². The van der Waals surface area contributed by atoms with Gasteiger partial charge in [0.15, 0.2) is 0 Å². The number of rotatable bonds is 6. The SMILES string of the molecule is CCc1ccc(NC(=O)[C@H]2CCCN(Cc3nc4ccccc4n3-c3cccc(Br)c3)C2)cc1. The lowest BCUT2D eigenvalue weighted by atomic mass is 9.97. The summed E-state index contributed by atoms with van der Waals surface area (Å²) in [6.45, 7) is 4.54. The van der Waals surface area contributed by atoms with Crippen molar-refractivity contribution in [2.24, 2.45) is 5.92 Å². The molecule has 1 aromatic heterocycles. The molecule has 0 saturated carbocycles. The topological polar surface area (TPSA) is 50.2 Å². The van der Waals surface area contributed by atoms with E-state index in [0.29, 0.717) is 6.54 Å². The fourth-order valence-corrected chi connectivity index (χ4v) is 5.15. The lowest BCUT2D eigenvalue weighted by Gasteiger charge is -2.31. The molecule has 1 aliphatic rings. The molecule has 0 aliphatic carbocycles. The Labute approximate surface area is 208 Å². The molecular formula is C28H29BrN4O. The van der Waals surface area contributed by atoms with E-state index in [1.54, 1.807) is 0 Å². The van der Waals surface area contributed by atoms with Crippen LogP contribution in [0.2, 0.25) is 0 Å². The Balaban J connectivity index is 1.34. The van der Waals surface area contributed by atoms with Gasteiger partial charge in [0, 0.05) is 22.4 Å². The maximum absolute atomic E-state index is 13.0. The van der Waals surface area contributed by atoms with Crippen LogP contribution >= 0.6 is 15.9 Å². The Bertz CT molecular complexity index is 1300. The van der Waals surface area contributed by atoms with Gasteiger partial charge in [-0.25, -0.2) is 4.98 Å². The Kier molecular flexibility index (Phi) is 6.79. The van der Waals surface area contributed by atoms with Gasteiger partial charge in [-0.3, -0.25) is 14.3 Å². The summed E-state index contributed by atoms with van der Waals surface area (Å²) in [5.41, 5.74) is 5.31. The Morgan fingerprint density at radius 1 is 1.09 bits per heavy atom. The van der Waals surface area contributed by atoms with Crippen LogP contribution in [-0.2, 0) is 17.8 Å². The Morgan fingerprint density at radius 2 is 1.91 bits per heavy atom. The van der Waals surface area contributed by atoms with Gasteiger partial charge in [0.25, 0.3) is 0 Å². The second kappa shape index (κ2) is 10.1. The third-order valence-electron chi connectivity index (χ3n) is 6.57. The molecule has 6 heteroatoms. The zero-order chi connectivity index (χ0) is 23.5. The van der Waals surface area contributed by atoms with Crippen molar-refractivity contribution < 1.29 is 4.79 Å². The highest BCUT2D eigenvalue weighted by Crippen LogP contribution is 2.26. The first-order chi connectivity index (χ1) is 16.6. The molecule has 4 aromatic rings. The highest BCUT2D eigenvalue weighted by Gasteiger charge is 2.27. The second-order valence-electron chi connectivity index (χ2n) is 8.95. The number of carbonyl (C=O) groups excluding carboxylic acids is 1. The Morgan fingerprint density at radius 3 is 2.71 bits per heavy atom. The maximum atomic E-state index is 13.0. The maximum Gasteiger partial charge on any atom is 0.228 e. The van der Waals surface area contributed by atoms with Crippen LogP contribution in [0, 0.1) is 5.92 Å². The number of hydrogen-bond acceptors (Lipinski definition) is 3. The number of amides is 1. The first kappa shape index (κ1) is 22.8. The standard InChI is InChI=1S/C28H29BrN4O/c1-2-20-12-14-23(15-13-20)30-28(34)21-7-6-16-32(18-21)19-27-31-25-10-3-4-11-26(25)33(27)24-9-5-8-22(29)17-24/h3-5,8-15,17,21H,2,6-7,16,18-19H2,1H3,(H,30,34)/t21-/m0/s1. The molecule has 0 unspecified atom stereocenters. The highest BCUT2D eigenvalue weighted by atomic mass is 79.9. The minimum absolute atomic E-state index is 0.0247. The third-order valence-corrected chi connectivity index (χ3v) is 7.06. The number of piperidine rings is 1. The molecule has 5 nitrogen and oxygen atoms in total. The van der Waals surface area contributed by atoms with Gasteiger partial charge >= 0.3 is 0 Å². The molecular weight excluding hydrogens is 488 g/mol. The molecule has 174 valence electrons. The predicted octanol–water partition coefficient (Wildman–Crippen LogP) is 6.20. The van der Waals surface area contributed by atoms with Gasteiger partial charge in [0.05, 0.1) is 23.5 Å². The van der Waals surface area contributed by atoms with Gasteiger partial charge in [0.1, 0.15) is 5.82 Å². The summed E-state index contributed by atoms with van der Waals surface area (Å²) in [4.78, 5) is 20.4. The van der Waals surface area contributed by atoms with E-state index >= 15 is 0 Å². The van der Waals surface area contributed by atoms with Crippen LogP contribution in [0.25, 0.3) is 16.7 Å². The average molecular weight is 517 g/mol. The van der Waals surface area contributed by atoms with Crippen LogP contribution < -0.4 is 5.32 Å². The van der Waals surface area contributed by atoms with Gasteiger partial charge < -0.3 is 5.32 Å². The molecule has 3 aromatic carbocycles. The quantitative estimate of drug-likeness (QED) is 0.331. The number of aryl methyl sites for hydroxylation is 1. The van der Waals surface area contributed by atoms with Crippen molar-refractivity contribution in [2.75, 3.05) is 18.4 Å². The summed E-state index contributed by atoms with van der Waals surface area (Å²) < 4.78 is 3.27. The van der Waals surface area contributed by atoms with Crippen molar-refractivity contribution in [1.82, 2.24) is 14.5 Å². The van der Waals surface area contributed by atoms with Gasteiger partial charge in [-0.15, -0.1) is 0 Å². The molecule has 1 atom stereocenters. The zero-order valence-electron chi connectivity index (χ0n) is 19.4. The minimum Gasteiger partial charge on any atom is -0.326 e. The van der Waals surface area contributed by atoms with Gasteiger partial charge in [-0.1, -0.05) is 53.2 Å². The number of likely N-dealkylation sites (tertiary alicyclic amines) is 1. The van der Waals surface area contributed by atoms with Crippen LogP contribution in [0.15, 0.2) is 77.3 Å². The van der Waals surface area contributed by atoms with E-state index < -0.39 is 0 Å². The molecule has 0 bridgehead atoms. The normalized spacial score (nSPS) is 16.6. The second-order valence-corrected chi connectivity index (χ2v) is 9.86. The van der Waals surface area contributed by atoms with Crippen molar-refractivity contribution in [2.45, 2.75) is 32.7 Å². The van der Waals surface area contributed by atoms with Crippen LogP contribution in [0.4, 0.5) is 5.69 Å². The number of anilines is 1. The van der Waals surface area contributed by atoms with Crippen LogP contribution in [0.1, 0.15) is 31.2 Å². The van der Waals surface area contributed by atoms with Gasteiger partial charge in [-0.2, -0.15) is 0 Å². The highest BCUT2D eigenvalue weighted by molar-refractivity contribution is 9.10. The average Bonchev–Trinajstić information content (AvgIpc) is 3.22. The monoisotopic (exact) mass is 516 g/mol.